The fourth-order valence-electron chi connectivity index (χ4n) is 3.32. The van der Waals surface area contributed by atoms with Crippen LogP contribution in [0.5, 0.6) is 0 Å². The Kier molecular flexibility index (Phi) is 5.64. The summed E-state index contributed by atoms with van der Waals surface area (Å²) in [7, 11) is 0. The van der Waals surface area contributed by atoms with Crippen molar-refractivity contribution in [3.8, 4) is 0 Å². The molecule has 2 aromatic carbocycles. The average Bonchev–Trinajstić information content (AvgIpc) is 2.92. The van der Waals surface area contributed by atoms with Crippen LogP contribution in [0.2, 0.25) is 0 Å². The van der Waals surface area contributed by atoms with Gasteiger partial charge in [-0.05, 0) is 36.6 Å². The van der Waals surface area contributed by atoms with E-state index in [2.05, 4.69) is 6.92 Å². The van der Waals surface area contributed by atoms with Crippen LogP contribution in [0.1, 0.15) is 65.3 Å². The Bertz CT molecular complexity index is 874. The maximum Gasteiger partial charge on any atom is 0.270 e. The number of hydrogen-bond acceptors (Lipinski definition) is 4. The van der Waals surface area contributed by atoms with Crippen molar-refractivity contribution in [2.75, 3.05) is 4.90 Å². The van der Waals surface area contributed by atoms with Gasteiger partial charge in [0.25, 0.3) is 17.5 Å². The van der Waals surface area contributed by atoms with Gasteiger partial charge in [-0.15, -0.1) is 0 Å². The van der Waals surface area contributed by atoms with Gasteiger partial charge in [0.05, 0.1) is 21.7 Å². The van der Waals surface area contributed by atoms with Crippen molar-refractivity contribution in [2.24, 2.45) is 0 Å². The quantitative estimate of drug-likeness (QED) is 0.288. The minimum Gasteiger partial charge on any atom is -0.268 e. The number of rotatable bonds is 8. The summed E-state index contributed by atoms with van der Waals surface area (Å²) in [5, 5.41) is 10.9. The summed E-state index contributed by atoms with van der Waals surface area (Å²) >= 11 is 0. The van der Waals surface area contributed by atoms with Gasteiger partial charge in [0.1, 0.15) is 0 Å². The topological polar surface area (TPSA) is 80.5 Å². The Morgan fingerprint density at radius 1 is 0.889 bits per heavy atom. The third-order valence-electron chi connectivity index (χ3n) is 4.84. The summed E-state index contributed by atoms with van der Waals surface area (Å²) in [6.07, 6.45) is 7.02. The molecule has 0 fully saturated rings. The Hall–Kier alpha value is -3.02. The van der Waals surface area contributed by atoms with E-state index in [0.29, 0.717) is 5.69 Å². The van der Waals surface area contributed by atoms with Crippen LogP contribution in [-0.2, 0) is 6.42 Å². The lowest BCUT2D eigenvalue weighted by Gasteiger charge is -2.14. The summed E-state index contributed by atoms with van der Waals surface area (Å²) in [6, 6.07) is 11.1. The maximum atomic E-state index is 12.6. The monoisotopic (exact) mass is 366 g/mol. The Balaban J connectivity index is 1.72. The normalized spacial score (nSPS) is 13.1. The maximum absolute atomic E-state index is 12.6. The third-order valence-corrected chi connectivity index (χ3v) is 4.84. The number of benzene rings is 2. The predicted molar refractivity (Wildman–Crippen MR) is 103 cm³/mol. The second kappa shape index (κ2) is 8.12. The summed E-state index contributed by atoms with van der Waals surface area (Å²) in [5.74, 6) is -0.969. The molecule has 0 aliphatic carbocycles. The highest BCUT2D eigenvalue weighted by Gasteiger charge is 2.37. The number of hydrogen-bond donors (Lipinski definition) is 0. The van der Waals surface area contributed by atoms with E-state index in [9.17, 15) is 19.7 Å². The lowest BCUT2D eigenvalue weighted by Crippen LogP contribution is -2.29. The largest absolute Gasteiger partial charge is 0.270 e. The smallest absolute Gasteiger partial charge is 0.268 e. The number of carbonyl (C=O) groups is 2. The van der Waals surface area contributed by atoms with Crippen LogP contribution < -0.4 is 4.90 Å². The zero-order chi connectivity index (χ0) is 19.4. The van der Waals surface area contributed by atoms with E-state index in [1.54, 1.807) is 12.1 Å². The van der Waals surface area contributed by atoms with Gasteiger partial charge >= 0.3 is 0 Å². The van der Waals surface area contributed by atoms with Crippen molar-refractivity contribution in [3.63, 3.8) is 0 Å². The molecule has 0 aromatic heterocycles. The standard InChI is InChI=1S/C21H22N2O4/c1-2-3-4-5-6-7-15-8-10-16(11-9-15)22-20(24)18-13-12-17(23(26)27)14-19(18)21(22)25/h8-14H,2-7H2,1H3. The number of anilines is 1. The first-order valence-electron chi connectivity index (χ1n) is 9.29. The number of nitrogens with zero attached hydrogens (tertiary/aromatic N) is 2. The second-order valence-corrected chi connectivity index (χ2v) is 6.76. The SMILES string of the molecule is CCCCCCCc1ccc(N2C(=O)c3ccc([N+](=O)[O-])cc3C2=O)cc1. The van der Waals surface area contributed by atoms with Gasteiger partial charge in [-0.25, -0.2) is 4.90 Å². The molecule has 1 aliphatic heterocycles. The highest BCUT2D eigenvalue weighted by atomic mass is 16.6. The van der Waals surface area contributed by atoms with E-state index in [4.69, 9.17) is 0 Å². The van der Waals surface area contributed by atoms with Crippen molar-refractivity contribution >= 4 is 23.2 Å². The van der Waals surface area contributed by atoms with Crippen LogP contribution in [0.4, 0.5) is 11.4 Å². The number of aryl methyl sites for hydroxylation is 1. The van der Waals surface area contributed by atoms with E-state index in [-0.39, 0.29) is 16.8 Å². The van der Waals surface area contributed by atoms with Crippen molar-refractivity contribution in [2.45, 2.75) is 45.4 Å². The third kappa shape index (κ3) is 3.89. The zero-order valence-corrected chi connectivity index (χ0v) is 15.3. The lowest BCUT2D eigenvalue weighted by molar-refractivity contribution is -0.384. The molecule has 0 radical (unpaired) electrons. The van der Waals surface area contributed by atoms with Crippen molar-refractivity contribution in [3.05, 3.63) is 69.3 Å². The highest BCUT2D eigenvalue weighted by Crippen LogP contribution is 2.31. The summed E-state index contributed by atoms with van der Waals surface area (Å²) in [4.78, 5) is 36.6. The van der Waals surface area contributed by atoms with Crippen molar-refractivity contribution in [1.82, 2.24) is 0 Å². The molecule has 1 heterocycles. The van der Waals surface area contributed by atoms with Gasteiger partial charge < -0.3 is 0 Å². The van der Waals surface area contributed by atoms with Crippen LogP contribution in [0, 0.1) is 10.1 Å². The van der Waals surface area contributed by atoms with Crippen LogP contribution in [-0.4, -0.2) is 16.7 Å². The molecule has 0 saturated heterocycles. The van der Waals surface area contributed by atoms with Crippen LogP contribution in [0.15, 0.2) is 42.5 Å². The molecule has 0 atom stereocenters. The van der Waals surface area contributed by atoms with Gasteiger partial charge in [0.2, 0.25) is 0 Å². The first-order chi connectivity index (χ1) is 13.0. The summed E-state index contributed by atoms with van der Waals surface area (Å²) in [5.41, 5.74) is 1.73. The fourth-order valence-corrected chi connectivity index (χ4v) is 3.32. The molecule has 1 aliphatic rings. The Labute approximate surface area is 158 Å². The number of nitro benzene ring substituents is 1. The minimum atomic E-state index is -0.573. The van der Waals surface area contributed by atoms with E-state index >= 15 is 0 Å². The van der Waals surface area contributed by atoms with Gasteiger partial charge in [-0.3, -0.25) is 19.7 Å². The van der Waals surface area contributed by atoms with Gasteiger partial charge in [0, 0.05) is 12.1 Å². The first-order valence-corrected chi connectivity index (χ1v) is 9.29. The van der Waals surface area contributed by atoms with Gasteiger partial charge in [-0.2, -0.15) is 0 Å². The number of unbranched alkanes of at least 4 members (excludes halogenated alkanes) is 4. The molecule has 3 rings (SSSR count). The van der Waals surface area contributed by atoms with E-state index in [1.165, 1.54) is 49.4 Å². The van der Waals surface area contributed by atoms with E-state index in [1.807, 2.05) is 12.1 Å². The number of fused-ring (bicyclic) bond motifs is 1. The summed E-state index contributed by atoms with van der Waals surface area (Å²) < 4.78 is 0. The summed E-state index contributed by atoms with van der Waals surface area (Å²) in [6.45, 7) is 2.19. The molecule has 140 valence electrons. The zero-order valence-electron chi connectivity index (χ0n) is 15.3. The van der Waals surface area contributed by atoms with Gasteiger partial charge in [0.15, 0.2) is 0 Å². The molecule has 6 heteroatoms. The van der Waals surface area contributed by atoms with Crippen molar-refractivity contribution < 1.29 is 14.5 Å². The number of amides is 2. The molecular formula is C21H22N2O4. The lowest BCUT2D eigenvalue weighted by atomic mass is 10.1. The molecule has 27 heavy (non-hydrogen) atoms. The molecule has 0 N–H and O–H groups in total. The predicted octanol–water partition coefficient (Wildman–Crippen LogP) is 4.91. The molecule has 2 aromatic rings. The number of imide groups is 1. The van der Waals surface area contributed by atoms with Crippen molar-refractivity contribution in [1.29, 1.82) is 0 Å². The molecule has 0 spiro atoms. The molecule has 2 amide bonds. The van der Waals surface area contributed by atoms with E-state index in [0.717, 1.165) is 17.7 Å². The molecular weight excluding hydrogens is 344 g/mol. The Morgan fingerprint density at radius 2 is 1.56 bits per heavy atom. The second-order valence-electron chi connectivity index (χ2n) is 6.76. The number of nitro groups is 1. The van der Waals surface area contributed by atoms with E-state index < -0.39 is 16.7 Å². The molecule has 0 unspecified atom stereocenters. The van der Waals surface area contributed by atoms with Gasteiger partial charge in [-0.1, -0.05) is 44.7 Å². The minimum absolute atomic E-state index is 0.0780. The highest BCUT2D eigenvalue weighted by molar-refractivity contribution is 6.34. The first kappa shape index (κ1) is 18.8. The molecule has 0 saturated carbocycles. The fraction of sp³-hybridized carbons (Fsp3) is 0.333. The molecule has 0 bridgehead atoms. The van der Waals surface area contributed by atoms with Crippen LogP contribution in [0.3, 0.4) is 0 Å². The van der Waals surface area contributed by atoms with Crippen LogP contribution in [0.25, 0.3) is 0 Å². The van der Waals surface area contributed by atoms with Crippen LogP contribution >= 0.6 is 0 Å². The average molecular weight is 366 g/mol. The Morgan fingerprint density at radius 3 is 2.22 bits per heavy atom. The number of carbonyl (C=O) groups excluding carboxylic acids is 2. The number of non-ortho nitro benzene ring substituents is 1. The molecule has 6 nitrogen and oxygen atoms in total.